The number of likely N-dealkylation sites (tertiary alicyclic amines) is 4. The number of para-hydroxylation sites is 4. The minimum absolute atomic E-state index is 0.227. The molecule has 8 aliphatic heterocycles. The maximum Gasteiger partial charge on any atom is 0.250 e. The molecule has 4 amide bonds. The van der Waals surface area contributed by atoms with E-state index < -0.39 is 0 Å². The molecule has 4 spiro atoms. The molecule has 125 heavy (non-hydrogen) atoms. The summed E-state index contributed by atoms with van der Waals surface area (Å²) in [5, 5.41) is 9.54. The minimum atomic E-state index is -0.377. The van der Waals surface area contributed by atoms with Gasteiger partial charge in [0, 0.05) is 107 Å². The third kappa shape index (κ3) is 17.6. The molecule has 12 saturated carbocycles. The van der Waals surface area contributed by atoms with Crippen molar-refractivity contribution in [2.75, 3.05) is 178 Å². The van der Waals surface area contributed by atoms with Crippen LogP contribution in [0.3, 0.4) is 0 Å². The number of amides is 4. The van der Waals surface area contributed by atoms with Crippen LogP contribution >= 0.6 is 11.6 Å². The van der Waals surface area contributed by atoms with E-state index in [-0.39, 0.29) is 28.1 Å². The smallest absolute Gasteiger partial charge is 0.250 e. The Morgan fingerprint density at radius 2 is 0.608 bits per heavy atom. The fraction of sp³-hybridized carbons (Fsp3) is 0.736. The van der Waals surface area contributed by atoms with Gasteiger partial charge in [0.1, 0.15) is 22.2 Å². The normalized spacial score (nSPS) is 31.6. The summed E-state index contributed by atoms with van der Waals surface area (Å²) in [6, 6.07) is 42.2. The number of likely N-dealkylation sites (N-methyl/N-ethyl adjacent to an activating group) is 1. The Hall–Kier alpha value is -5.99. The third-order valence-corrected chi connectivity index (χ3v) is 38.5. The molecule has 24 rings (SSSR count). The van der Waals surface area contributed by atoms with Crippen molar-refractivity contribution in [2.24, 2.45) is 92.7 Å². The van der Waals surface area contributed by atoms with E-state index in [9.17, 15) is 19.2 Å². The van der Waals surface area contributed by atoms with E-state index in [1.165, 1.54) is 152 Å². The number of halogens is 1. The highest BCUT2D eigenvalue weighted by atomic mass is 35.5. The fourth-order valence-electron chi connectivity index (χ4n) is 29.3. The van der Waals surface area contributed by atoms with Crippen molar-refractivity contribution in [3.63, 3.8) is 0 Å². The van der Waals surface area contributed by atoms with Crippen molar-refractivity contribution < 1.29 is 19.2 Å². The number of carbonyl (C=O) groups excluding carboxylic acids is 4. The number of alkyl halides is 1. The van der Waals surface area contributed by atoms with E-state index in [0.29, 0.717) is 65.3 Å². The second-order valence-corrected chi connectivity index (χ2v) is 45.3. The lowest BCUT2D eigenvalue weighted by Gasteiger charge is -2.60. The van der Waals surface area contributed by atoms with Gasteiger partial charge in [-0.3, -0.25) is 19.2 Å². The molecule has 8 bridgehead atoms. The summed E-state index contributed by atoms with van der Waals surface area (Å²) in [7, 11) is 3.94. The summed E-state index contributed by atoms with van der Waals surface area (Å²) in [5.74, 6) is 13.3. The highest BCUT2D eigenvalue weighted by Crippen LogP contribution is 2.66. The van der Waals surface area contributed by atoms with Gasteiger partial charge >= 0.3 is 0 Å². The van der Waals surface area contributed by atoms with Crippen LogP contribution in [-0.4, -0.2) is 238 Å². The molecule has 18 nitrogen and oxygen atoms in total. The van der Waals surface area contributed by atoms with Gasteiger partial charge in [0.25, 0.3) is 0 Å². The molecule has 4 aromatic rings. The summed E-state index contributed by atoms with van der Waals surface area (Å²) >= 11 is 5.95. The van der Waals surface area contributed by atoms with Gasteiger partial charge in [0.2, 0.25) is 23.6 Å². The number of piperidine rings is 4. The summed E-state index contributed by atoms with van der Waals surface area (Å²) < 4.78 is 0. The largest absolute Gasteiger partial charge is 0.339 e. The molecule has 20 aliphatic rings. The molecule has 4 aromatic carbocycles. The molecular formula is C106H161ClN14O4. The molecule has 12 aliphatic carbocycles. The number of nitrogens with zero attached hydrogens (tertiary/aromatic N) is 11. The SMILES string of the molecule is CC1(C)C2CCC(CCN3CCC4(CC3)C(=O)N(CCCCl)CN4c3ccccc3)C1C2.CC1(C)C2CCC(CCN3CCC4(CC3)C(=O)NCN4c3ccccc3)C1C2.CNCCCN1CN(c2ccccc2)C2(CCN(CCC3CCC4CC3C4(C)C)CC2)C1=O.CNCCN1CN(c2ccccc2)C2(CCN(CCC3CCC4CC3C4(C)C)CC2)C1=O. The summed E-state index contributed by atoms with van der Waals surface area (Å²) in [6.45, 7) is 40.1. The van der Waals surface area contributed by atoms with Crippen LogP contribution in [0.2, 0.25) is 0 Å². The molecule has 3 N–H and O–H groups in total. The number of rotatable bonds is 26. The van der Waals surface area contributed by atoms with Crippen molar-refractivity contribution >= 4 is 58.0 Å². The summed E-state index contributed by atoms with van der Waals surface area (Å²) in [6.07, 6.45) is 32.2. The Balaban J connectivity index is 0.000000118. The number of hydrogen-bond acceptors (Lipinski definition) is 14. The van der Waals surface area contributed by atoms with Crippen LogP contribution in [0.15, 0.2) is 121 Å². The van der Waals surface area contributed by atoms with Gasteiger partial charge in [0.15, 0.2) is 0 Å². The van der Waals surface area contributed by atoms with E-state index in [2.05, 4.69) is 236 Å². The second-order valence-electron chi connectivity index (χ2n) is 44.9. The predicted molar refractivity (Wildman–Crippen MR) is 511 cm³/mol. The average Bonchev–Trinajstić information content (AvgIpc) is 1.27. The fourth-order valence-corrected chi connectivity index (χ4v) is 29.4. The van der Waals surface area contributed by atoms with Gasteiger partial charge < -0.3 is 69.8 Å². The Bertz CT molecular complexity index is 4070. The zero-order chi connectivity index (χ0) is 87.1. The van der Waals surface area contributed by atoms with Crippen LogP contribution in [0.1, 0.15) is 222 Å². The van der Waals surface area contributed by atoms with Gasteiger partial charge in [-0.2, -0.15) is 0 Å². The van der Waals surface area contributed by atoms with E-state index in [1.54, 1.807) is 0 Å². The van der Waals surface area contributed by atoms with E-state index in [4.69, 9.17) is 11.6 Å². The number of anilines is 4. The van der Waals surface area contributed by atoms with Crippen LogP contribution < -0.4 is 35.6 Å². The van der Waals surface area contributed by atoms with Gasteiger partial charge in [-0.25, -0.2) is 0 Å². The molecule has 19 heteroatoms. The quantitative estimate of drug-likeness (QED) is 0.0406. The zero-order valence-corrected chi connectivity index (χ0v) is 79.6. The molecule has 12 unspecified atom stereocenters. The maximum atomic E-state index is 13.7. The maximum absolute atomic E-state index is 13.7. The first-order valence-electron chi connectivity index (χ1n) is 50.6. The highest BCUT2D eigenvalue weighted by Gasteiger charge is 2.61. The number of nitrogens with one attached hydrogen (secondary N) is 3. The molecule has 0 aromatic heterocycles. The zero-order valence-electron chi connectivity index (χ0n) is 78.8. The molecular weight excluding hydrogens is 1570 g/mol. The molecule has 8 heterocycles. The summed E-state index contributed by atoms with van der Waals surface area (Å²) in [4.78, 5) is 80.1. The van der Waals surface area contributed by atoms with Crippen LogP contribution in [-0.2, 0) is 19.2 Å². The Kier molecular flexibility index (Phi) is 27.7. The van der Waals surface area contributed by atoms with Crippen molar-refractivity contribution in [1.82, 2.24) is 50.2 Å². The first kappa shape index (κ1) is 90.9. The lowest BCUT2D eigenvalue weighted by atomic mass is 9.45. The van der Waals surface area contributed by atoms with Crippen molar-refractivity contribution in [2.45, 2.75) is 244 Å². The monoisotopic (exact) mass is 1730 g/mol. The van der Waals surface area contributed by atoms with Crippen molar-refractivity contribution in [3.8, 4) is 0 Å². The highest BCUT2D eigenvalue weighted by molar-refractivity contribution is 6.17. The molecule has 686 valence electrons. The molecule has 12 atom stereocenters. The predicted octanol–water partition coefficient (Wildman–Crippen LogP) is 17.1. The average molecular weight is 1730 g/mol. The van der Waals surface area contributed by atoms with Gasteiger partial charge in [-0.1, -0.05) is 128 Å². The van der Waals surface area contributed by atoms with Crippen LogP contribution in [0.4, 0.5) is 22.7 Å². The van der Waals surface area contributed by atoms with Gasteiger partial charge in [-0.05, 0) is 355 Å². The van der Waals surface area contributed by atoms with Gasteiger partial charge in [0.05, 0.1) is 26.7 Å². The van der Waals surface area contributed by atoms with E-state index in [0.717, 1.165) is 227 Å². The first-order chi connectivity index (χ1) is 60.4. The standard InChI is InChI=1S/C28H44N4O.C27H40ClN3O.C27H42N4O.C24H35N3O/c1-27(2)23-11-10-22(25(27)20-23)12-17-30-18-13-28(14-19-30)26(33)31(16-7-15-29-3)21-32(28)24-8-5-4-6-9-24;1-26(2)22-10-9-21(24(26)19-22)11-16-29-17-12-27(13-18-29)25(32)30(15-6-14-28)20-31(27)23-7-4-3-5-8-23;1-26(2)22-10-9-21(24(26)19-22)11-15-29-16-12-27(13-17-29)25(32)30(18-14-28-3)20-31(27)23-7-5-4-6-8-23;1-23(2)19-9-8-18(21(23)16-19)10-13-26-14-11-24(12-15-26)22(28)25-17-27(24)20-6-4-3-5-7-20/h4-6,8-9,22-23,25,29H,7,10-21H2,1-3H3;3-5,7-8,21-22,24H,6,9-20H2,1-2H3;4-8,21-22,24,28H,9-20H2,1-3H3;3-7,18-19,21H,8-17H2,1-2H3,(H,25,28). The van der Waals surface area contributed by atoms with E-state index >= 15 is 0 Å². The first-order valence-corrected chi connectivity index (χ1v) is 51.1. The second kappa shape index (κ2) is 38.1. The van der Waals surface area contributed by atoms with Crippen molar-refractivity contribution in [3.05, 3.63) is 121 Å². The molecule has 20 fully saturated rings. The van der Waals surface area contributed by atoms with Gasteiger partial charge in [-0.15, -0.1) is 11.6 Å². The number of carbonyl (C=O) groups is 4. The number of benzene rings is 4. The summed E-state index contributed by atoms with van der Waals surface area (Å²) in [5.41, 5.74) is 5.61. The molecule has 0 radical (unpaired) electrons. The Labute approximate surface area is 758 Å². The Morgan fingerprint density at radius 3 is 0.880 bits per heavy atom. The lowest BCUT2D eigenvalue weighted by molar-refractivity contribution is -0.134. The topological polar surface area (TPSA) is 140 Å². The lowest BCUT2D eigenvalue weighted by Crippen LogP contribution is -2.57. The van der Waals surface area contributed by atoms with Crippen LogP contribution in [0.25, 0.3) is 0 Å². The number of fused-ring (bicyclic) bond motifs is 8. The van der Waals surface area contributed by atoms with Crippen molar-refractivity contribution in [1.29, 1.82) is 0 Å². The Morgan fingerprint density at radius 1 is 0.336 bits per heavy atom. The van der Waals surface area contributed by atoms with Crippen LogP contribution in [0, 0.1) is 92.7 Å². The minimum Gasteiger partial charge on any atom is -0.339 e. The molecule has 8 saturated heterocycles. The number of hydrogen-bond donors (Lipinski definition) is 3. The third-order valence-electron chi connectivity index (χ3n) is 38.2. The van der Waals surface area contributed by atoms with Crippen LogP contribution in [0.5, 0.6) is 0 Å². The van der Waals surface area contributed by atoms with E-state index in [1.807, 2.05) is 25.1 Å².